The van der Waals surface area contributed by atoms with Crippen molar-refractivity contribution in [3.8, 4) is 0 Å². The highest BCUT2D eigenvalue weighted by Gasteiger charge is 2.52. The van der Waals surface area contributed by atoms with Gasteiger partial charge in [-0.3, -0.25) is 14.5 Å². The van der Waals surface area contributed by atoms with Crippen molar-refractivity contribution in [2.24, 2.45) is 0 Å². The number of ether oxygens (including phenoxy) is 4. The van der Waals surface area contributed by atoms with Gasteiger partial charge < -0.3 is 18.9 Å². The second-order valence-electron chi connectivity index (χ2n) is 9.67. The van der Waals surface area contributed by atoms with Crippen molar-refractivity contribution in [1.82, 2.24) is 4.90 Å². The molecule has 7 heteroatoms. The normalized spacial score (nSPS) is 25.6. The number of hydrogen-bond acceptors (Lipinski definition) is 6. The van der Waals surface area contributed by atoms with Crippen molar-refractivity contribution in [1.29, 1.82) is 0 Å². The van der Waals surface area contributed by atoms with Crippen LogP contribution in [0.25, 0.3) is 0 Å². The van der Waals surface area contributed by atoms with E-state index in [9.17, 15) is 9.59 Å². The van der Waals surface area contributed by atoms with E-state index in [1.807, 2.05) is 97.9 Å². The Balaban J connectivity index is 1.44. The van der Waals surface area contributed by atoms with Crippen molar-refractivity contribution in [3.05, 3.63) is 108 Å². The molecule has 7 nitrogen and oxygen atoms in total. The molecule has 0 bridgehead atoms. The molecule has 2 aliphatic heterocycles. The lowest BCUT2D eigenvalue weighted by molar-refractivity contribution is -0.283. The van der Waals surface area contributed by atoms with E-state index in [4.69, 9.17) is 18.9 Å². The van der Waals surface area contributed by atoms with Gasteiger partial charge in [0.25, 0.3) is 0 Å². The summed E-state index contributed by atoms with van der Waals surface area (Å²) in [6.45, 7) is 2.85. The molecule has 5 atom stereocenters. The summed E-state index contributed by atoms with van der Waals surface area (Å²) >= 11 is 0. The van der Waals surface area contributed by atoms with Crippen molar-refractivity contribution in [2.75, 3.05) is 0 Å². The summed E-state index contributed by atoms with van der Waals surface area (Å²) < 4.78 is 25.7. The van der Waals surface area contributed by atoms with Crippen LogP contribution in [0.5, 0.6) is 0 Å². The number of nitrogens with zero attached hydrogens (tertiary/aromatic N) is 1. The Kier molecular flexibility index (Phi) is 8.61. The van der Waals surface area contributed by atoms with Crippen LogP contribution in [0.4, 0.5) is 0 Å². The molecule has 0 radical (unpaired) electrons. The minimum Gasteiger partial charge on any atom is -0.368 e. The minimum atomic E-state index is -0.909. The maximum Gasteiger partial charge on any atom is 0.231 e. The molecule has 0 N–H and O–H groups in total. The summed E-state index contributed by atoms with van der Waals surface area (Å²) in [7, 11) is 0. The van der Waals surface area contributed by atoms with Crippen LogP contribution in [-0.4, -0.2) is 47.4 Å². The fourth-order valence-corrected chi connectivity index (χ4v) is 4.97. The van der Waals surface area contributed by atoms with Gasteiger partial charge in [0.15, 0.2) is 6.23 Å². The summed E-state index contributed by atoms with van der Waals surface area (Å²) in [5.74, 6) is -0.517. The van der Waals surface area contributed by atoms with E-state index in [1.54, 1.807) is 0 Å². The fourth-order valence-electron chi connectivity index (χ4n) is 4.97. The molecule has 5 rings (SSSR count). The number of hydrogen-bond donors (Lipinski definition) is 0. The van der Waals surface area contributed by atoms with Crippen LogP contribution < -0.4 is 0 Å². The summed E-state index contributed by atoms with van der Waals surface area (Å²) in [5.41, 5.74) is 2.99. The zero-order valence-electron chi connectivity index (χ0n) is 21.5. The lowest BCUT2D eigenvalue weighted by Gasteiger charge is -2.47. The fraction of sp³-hybridized carbons (Fsp3) is 0.355. The number of imide groups is 1. The van der Waals surface area contributed by atoms with Gasteiger partial charge in [-0.2, -0.15) is 0 Å². The molecule has 0 unspecified atom stereocenters. The van der Waals surface area contributed by atoms with E-state index in [1.165, 1.54) is 4.90 Å². The third-order valence-electron chi connectivity index (χ3n) is 6.95. The van der Waals surface area contributed by atoms with Crippen LogP contribution in [0.1, 0.15) is 36.5 Å². The molecule has 2 saturated heterocycles. The van der Waals surface area contributed by atoms with Gasteiger partial charge in [0.1, 0.15) is 18.3 Å². The zero-order chi connectivity index (χ0) is 26.3. The topological polar surface area (TPSA) is 74.3 Å². The second-order valence-corrected chi connectivity index (χ2v) is 9.67. The molecular weight excluding hydrogens is 482 g/mol. The molecule has 3 aromatic carbocycles. The average Bonchev–Trinajstić information content (AvgIpc) is 3.29. The van der Waals surface area contributed by atoms with Gasteiger partial charge in [-0.25, -0.2) is 0 Å². The van der Waals surface area contributed by atoms with Gasteiger partial charge in [0, 0.05) is 12.8 Å². The molecule has 2 aliphatic rings. The smallest absolute Gasteiger partial charge is 0.231 e. The zero-order valence-corrected chi connectivity index (χ0v) is 21.5. The van der Waals surface area contributed by atoms with E-state index in [0.717, 1.165) is 16.7 Å². The molecule has 0 saturated carbocycles. The molecule has 2 amide bonds. The molecule has 2 heterocycles. The predicted molar refractivity (Wildman–Crippen MR) is 140 cm³/mol. The van der Waals surface area contributed by atoms with Gasteiger partial charge in [-0.1, -0.05) is 91.0 Å². The van der Waals surface area contributed by atoms with E-state index >= 15 is 0 Å². The molecule has 0 aliphatic carbocycles. The highest BCUT2D eigenvalue weighted by Crippen LogP contribution is 2.34. The SMILES string of the molecule is C[C@@H]1O[C@H](N2C(=O)CCC2=O)[C@@H](OCc2ccccc2)[C@H](OCc2ccccc2)[C@@H]1OCc1ccccc1. The summed E-state index contributed by atoms with van der Waals surface area (Å²) in [5, 5.41) is 0. The van der Waals surface area contributed by atoms with Gasteiger partial charge in [0.05, 0.1) is 25.9 Å². The quantitative estimate of drug-likeness (QED) is 0.367. The Morgan fingerprint density at radius 3 is 1.47 bits per heavy atom. The Morgan fingerprint density at radius 1 is 0.632 bits per heavy atom. The third-order valence-corrected chi connectivity index (χ3v) is 6.95. The van der Waals surface area contributed by atoms with Gasteiger partial charge in [-0.05, 0) is 23.6 Å². The Bertz CT molecular complexity index is 1170. The number of carbonyl (C=O) groups is 2. The Hall–Kier alpha value is -3.36. The van der Waals surface area contributed by atoms with Gasteiger partial charge >= 0.3 is 0 Å². The molecule has 2 fully saturated rings. The summed E-state index contributed by atoms with van der Waals surface area (Å²) in [4.78, 5) is 26.8. The van der Waals surface area contributed by atoms with Gasteiger partial charge in [-0.15, -0.1) is 0 Å². The van der Waals surface area contributed by atoms with Crippen LogP contribution >= 0.6 is 0 Å². The first-order chi connectivity index (χ1) is 18.6. The van der Waals surface area contributed by atoms with Crippen LogP contribution in [-0.2, 0) is 48.4 Å². The first-order valence-electron chi connectivity index (χ1n) is 13.1. The van der Waals surface area contributed by atoms with Crippen LogP contribution in [0.2, 0.25) is 0 Å². The number of benzene rings is 3. The van der Waals surface area contributed by atoms with Gasteiger partial charge in [0.2, 0.25) is 11.8 Å². The van der Waals surface area contributed by atoms with Crippen LogP contribution in [0.3, 0.4) is 0 Å². The maximum absolute atomic E-state index is 12.8. The van der Waals surface area contributed by atoms with E-state index in [2.05, 4.69) is 0 Å². The van der Waals surface area contributed by atoms with Crippen molar-refractivity contribution in [2.45, 2.75) is 70.2 Å². The number of carbonyl (C=O) groups excluding carboxylic acids is 2. The van der Waals surface area contributed by atoms with E-state index < -0.39 is 30.6 Å². The molecule has 3 aromatic rings. The minimum absolute atomic E-state index is 0.169. The highest BCUT2D eigenvalue weighted by atomic mass is 16.6. The number of amides is 2. The molecular formula is C31H33NO6. The molecule has 0 spiro atoms. The van der Waals surface area contributed by atoms with E-state index in [-0.39, 0.29) is 31.3 Å². The predicted octanol–water partition coefficient (Wildman–Crippen LogP) is 4.64. The number of rotatable bonds is 10. The Labute approximate surface area is 223 Å². The van der Waals surface area contributed by atoms with Crippen LogP contribution in [0, 0.1) is 0 Å². The number of likely N-dealkylation sites (tertiary alicyclic amines) is 1. The molecule has 38 heavy (non-hydrogen) atoms. The summed E-state index contributed by atoms with van der Waals surface area (Å²) in [6.07, 6.45) is -2.87. The maximum atomic E-state index is 12.8. The third kappa shape index (κ3) is 6.19. The summed E-state index contributed by atoms with van der Waals surface area (Å²) in [6, 6.07) is 29.5. The first-order valence-corrected chi connectivity index (χ1v) is 13.1. The van der Waals surface area contributed by atoms with Crippen molar-refractivity contribution >= 4 is 11.8 Å². The molecule has 198 valence electrons. The first kappa shape index (κ1) is 26.3. The lowest BCUT2D eigenvalue weighted by atomic mass is 9.97. The van der Waals surface area contributed by atoms with Crippen molar-refractivity contribution in [3.63, 3.8) is 0 Å². The monoisotopic (exact) mass is 515 g/mol. The molecule has 0 aromatic heterocycles. The largest absolute Gasteiger partial charge is 0.368 e. The lowest BCUT2D eigenvalue weighted by Crippen LogP contribution is -2.64. The van der Waals surface area contributed by atoms with Crippen LogP contribution in [0.15, 0.2) is 91.0 Å². The average molecular weight is 516 g/mol. The highest BCUT2D eigenvalue weighted by molar-refractivity contribution is 6.02. The van der Waals surface area contributed by atoms with Crippen molar-refractivity contribution < 1.29 is 28.5 Å². The van der Waals surface area contributed by atoms with E-state index in [0.29, 0.717) is 13.2 Å². The standard InChI is InChI=1S/C31H33NO6/c1-22-28(35-19-23-11-5-2-6-12-23)29(36-20-24-13-7-3-8-14-24)30(37-21-25-15-9-4-10-16-25)31(38-22)32-26(33)17-18-27(32)34/h2-16,22,28-31H,17-21H2,1H3/t22-,28+,29+,30-,31-/m0/s1. The second kappa shape index (κ2) is 12.5. The Morgan fingerprint density at radius 2 is 1.03 bits per heavy atom.